The fraction of sp³-hybridized carbons (Fsp3) is 0.400. The Morgan fingerprint density at radius 3 is 2.57 bits per heavy atom. The Morgan fingerprint density at radius 1 is 1.25 bits per heavy atom. The molecule has 28 heavy (non-hydrogen) atoms. The molecule has 0 aliphatic heterocycles. The fourth-order valence-electron chi connectivity index (χ4n) is 3.03. The number of aliphatic hydroxyl groups is 1. The van der Waals surface area contributed by atoms with E-state index in [4.69, 9.17) is 15.9 Å². The van der Waals surface area contributed by atoms with Gasteiger partial charge in [-0.25, -0.2) is 4.39 Å². The van der Waals surface area contributed by atoms with Gasteiger partial charge in [0.05, 0.1) is 12.3 Å². The molecule has 0 aromatic heterocycles. The zero-order chi connectivity index (χ0) is 20.7. The van der Waals surface area contributed by atoms with Gasteiger partial charge in [0, 0.05) is 23.7 Å². The van der Waals surface area contributed by atoms with Gasteiger partial charge >= 0.3 is 0 Å². The van der Waals surface area contributed by atoms with Crippen molar-refractivity contribution in [2.24, 2.45) is 0 Å². The lowest BCUT2D eigenvalue weighted by atomic mass is 9.99. The van der Waals surface area contributed by atoms with Crippen LogP contribution in [0.5, 0.6) is 0 Å². The third kappa shape index (κ3) is 5.56. The predicted octanol–water partition coefficient (Wildman–Crippen LogP) is 1.86. The Kier molecular flexibility index (Phi) is 7.57. The quantitative estimate of drug-likeness (QED) is 0.436. The van der Waals surface area contributed by atoms with Crippen molar-refractivity contribution in [3.8, 4) is 0 Å². The Balaban J connectivity index is 2.10. The molecule has 0 bridgehead atoms. The van der Waals surface area contributed by atoms with E-state index in [1.54, 1.807) is 0 Å². The van der Waals surface area contributed by atoms with Crippen molar-refractivity contribution >= 4 is 23.2 Å². The summed E-state index contributed by atoms with van der Waals surface area (Å²) in [6.45, 7) is 1.28. The van der Waals surface area contributed by atoms with Gasteiger partial charge in [-0.2, -0.15) is 0 Å². The second-order valence-corrected chi connectivity index (χ2v) is 6.73. The molecule has 1 saturated carbocycles. The van der Waals surface area contributed by atoms with E-state index in [1.807, 2.05) is 0 Å². The predicted molar refractivity (Wildman–Crippen MR) is 105 cm³/mol. The van der Waals surface area contributed by atoms with Crippen LogP contribution in [0.1, 0.15) is 47.2 Å². The number of benzene rings is 1. The molecule has 1 fully saturated rings. The molecule has 0 unspecified atom stereocenters. The minimum atomic E-state index is -0.640. The standard InChI is InChI=1S/C20H25FN4O3/c1-12-15(10-13(11-16(12)21)19(27)24-8-9-26)17(22)6-7-18(23)20(28)25-14-4-2-3-5-14/h6-7,10-11,14,22-23,26H,2-5,8-9H2,1H3,(H,24,27)(H,25,28)/b7-6-,22-17?,23-18?. The highest BCUT2D eigenvalue weighted by atomic mass is 19.1. The summed E-state index contributed by atoms with van der Waals surface area (Å²) in [5, 5.41) is 30.0. The van der Waals surface area contributed by atoms with Crippen LogP contribution in [0.25, 0.3) is 0 Å². The zero-order valence-electron chi connectivity index (χ0n) is 15.8. The topological polar surface area (TPSA) is 126 Å². The summed E-state index contributed by atoms with van der Waals surface area (Å²) in [7, 11) is 0. The monoisotopic (exact) mass is 388 g/mol. The van der Waals surface area contributed by atoms with Gasteiger partial charge in [-0.1, -0.05) is 12.8 Å². The maximum absolute atomic E-state index is 14.2. The molecule has 7 nitrogen and oxygen atoms in total. The van der Waals surface area contributed by atoms with Crippen LogP contribution in [0, 0.1) is 23.6 Å². The molecule has 0 spiro atoms. The largest absolute Gasteiger partial charge is 0.395 e. The number of nitrogens with one attached hydrogen (secondary N) is 4. The van der Waals surface area contributed by atoms with Gasteiger partial charge in [-0.15, -0.1) is 0 Å². The molecule has 0 atom stereocenters. The molecule has 2 amide bonds. The summed E-state index contributed by atoms with van der Waals surface area (Å²) < 4.78 is 14.2. The van der Waals surface area contributed by atoms with Crippen molar-refractivity contribution in [2.75, 3.05) is 13.2 Å². The van der Waals surface area contributed by atoms with E-state index in [9.17, 15) is 14.0 Å². The highest BCUT2D eigenvalue weighted by Gasteiger charge is 2.19. The van der Waals surface area contributed by atoms with E-state index in [0.717, 1.165) is 31.7 Å². The normalized spacial score (nSPS) is 14.2. The van der Waals surface area contributed by atoms with E-state index in [-0.39, 0.29) is 47.3 Å². The Labute approximate surface area is 163 Å². The summed E-state index contributed by atoms with van der Waals surface area (Å²) in [5.41, 5.74) is 0.00157. The molecule has 1 aliphatic rings. The van der Waals surface area contributed by atoms with Gasteiger partial charge in [0.1, 0.15) is 11.5 Å². The van der Waals surface area contributed by atoms with Crippen LogP contribution < -0.4 is 10.6 Å². The highest BCUT2D eigenvalue weighted by molar-refractivity contribution is 6.42. The number of hydrogen-bond donors (Lipinski definition) is 5. The highest BCUT2D eigenvalue weighted by Crippen LogP contribution is 2.18. The van der Waals surface area contributed by atoms with Crippen molar-refractivity contribution < 1.29 is 19.1 Å². The lowest BCUT2D eigenvalue weighted by Crippen LogP contribution is -2.36. The smallest absolute Gasteiger partial charge is 0.269 e. The van der Waals surface area contributed by atoms with Crippen molar-refractivity contribution in [1.29, 1.82) is 10.8 Å². The molecule has 1 aromatic rings. The Bertz CT molecular complexity index is 814. The number of amides is 2. The van der Waals surface area contributed by atoms with E-state index >= 15 is 0 Å². The lowest BCUT2D eigenvalue weighted by Gasteiger charge is -2.11. The van der Waals surface area contributed by atoms with Gasteiger partial charge in [0.15, 0.2) is 0 Å². The minimum Gasteiger partial charge on any atom is -0.395 e. The third-order valence-corrected chi connectivity index (χ3v) is 4.65. The molecule has 0 saturated heterocycles. The number of carbonyl (C=O) groups excluding carboxylic acids is 2. The van der Waals surface area contributed by atoms with Crippen molar-refractivity contribution in [3.63, 3.8) is 0 Å². The summed E-state index contributed by atoms with van der Waals surface area (Å²) >= 11 is 0. The van der Waals surface area contributed by atoms with Gasteiger partial charge < -0.3 is 21.1 Å². The minimum absolute atomic E-state index is 0.0266. The van der Waals surface area contributed by atoms with E-state index in [0.29, 0.717) is 0 Å². The second-order valence-electron chi connectivity index (χ2n) is 6.73. The van der Waals surface area contributed by atoms with Crippen LogP contribution in [0.4, 0.5) is 4.39 Å². The molecule has 5 N–H and O–H groups in total. The average Bonchev–Trinajstić information content (AvgIpc) is 3.18. The summed E-state index contributed by atoms with van der Waals surface area (Å²) in [6.07, 6.45) is 6.37. The molecule has 1 aliphatic carbocycles. The Morgan fingerprint density at radius 2 is 1.93 bits per heavy atom. The average molecular weight is 388 g/mol. The zero-order valence-corrected chi connectivity index (χ0v) is 15.8. The van der Waals surface area contributed by atoms with E-state index in [1.165, 1.54) is 25.1 Å². The third-order valence-electron chi connectivity index (χ3n) is 4.65. The molecule has 1 aromatic carbocycles. The van der Waals surface area contributed by atoms with E-state index < -0.39 is 17.6 Å². The molecular weight excluding hydrogens is 363 g/mol. The number of halogens is 1. The SMILES string of the molecule is Cc1c(F)cc(C(=O)NCCO)cc1C(=N)/C=C\C(=N)C(=O)NC1CCCC1. The first kappa shape index (κ1) is 21.4. The van der Waals surface area contributed by atoms with Crippen LogP contribution >= 0.6 is 0 Å². The van der Waals surface area contributed by atoms with Crippen LogP contribution in [0.3, 0.4) is 0 Å². The van der Waals surface area contributed by atoms with Gasteiger partial charge in [0.2, 0.25) is 0 Å². The first-order chi connectivity index (χ1) is 13.3. The van der Waals surface area contributed by atoms with Crippen molar-refractivity contribution in [2.45, 2.75) is 38.6 Å². The van der Waals surface area contributed by atoms with Crippen LogP contribution in [0.2, 0.25) is 0 Å². The molecule has 8 heteroatoms. The molecule has 0 heterocycles. The van der Waals surface area contributed by atoms with Crippen molar-refractivity contribution in [1.82, 2.24) is 10.6 Å². The number of rotatable bonds is 8. The summed E-state index contributed by atoms with van der Waals surface area (Å²) in [6, 6.07) is 2.53. The summed E-state index contributed by atoms with van der Waals surface area (Å²) in [5.74, 6) is -1.70. The first-order valence-corrected chi connectivity index (χ1v) is 9.19. The van der Waals surface area contributed by atoms with Crippen molar-refractivity contribution in [3.05, 3.63) is 46.8 Å². The van der Waals surface area contributed by atoms with Gasteiger partial charge in [-0.05, 0) is 49.6 Å². The van der Waals surface area contributed by atoms with Gasteiger partial charge in [0.25, 0.3) is 11.8 Å². The Hall–Kier alpha value is -2.87. The molecule has 150 valence electrons. The van der Waals surface area contributed by atoms with Crippen LogP contribution in [-0.4, -0.2) is 47.5 Å². The molecule has 0 radical (unpaired) electrons. The number of allylic oxidation sites excluding steroid dienone is 1. The van der Waals surface area contributed by atoms with Gasteiger partial charge in [-0.3, -0.25) is 15.0 Å². The number of carbonyl (C=O) groups is 2. The maximum atomic E-state index is 14.2. The van der Waals surface area contributed by atoms with E-state index in [2.05, 4.69) is 10.6 Å². The van der Waals surface area contributed by atoms with Crippen LogP contribution in [0.15, 0.2) is 24.3 Å². The fourth-order valence-corrected chi connectivity index (χ4v) is 3.03. The lowest BCUT2D eigenvalue weighted by molar-refractivity contribution is -0.115. The number of aliphatic hydroxyl groups excluding tert-OH is 1. The molecular formula is C20H25FN4O3. The van der Waals surface area contributed by atoms with Crippen LogP contribution in [-0.2, 0) is 4.79 Å². The molecule has 2 rings (SSSR count). The summed E-state index contributed by atoms with van der Waals surface area (Å²) in [4.78, 5) is 24.0. The number of hydrogen-bond acceptors (Lipinski definition) is 5. The second kappa shape index (κ2) is 9.89. The maximum Gasteiger partial charge on any atom is 0.269 e. The first-order valence-electron chi connectivity index (χ1n) is 9.19.